The molecule has 1 aliphatic rings. The molecule has 1 unspecified atom stereocenters. The number of aromatic nitrogens is 1. The SMILES string of the molecule is CC(NC(=O)c1cn(C(C)C)cc(C(=O)N2CCc3ccccc3C2)c1=O)c1ccco1. The first-order valence-electron chi connectivity index (χ1n) is 10.8. The van der Waals surface area contributed by atoms with Gasteiger partial charge >= 0.3 is 0 Å². The van der Waals surface area contributed by atoms with Gasteiger partial charge in [0.2, 0.25) is 5.43 Å². The molecule has 2 aromatic heterocycles. The van der Waals surface area contributed by atoms with Crippen LogP contribution in [-0.2, 0) is 13.0 Å². The number of rotatable bonds is 5. The fraction of sp³-hybridized carbons (Fsp3) is 0.320. The van der Waals surface area contributed by atoms with E-state index in [4.69, 9.17) is 4.42 Å². The third kappa shape index (κ3) is 4.23. The van der Waals surface area contributed by atoms with E-state index < -0.39 is 17.4 Å². The molecule has 4 rings (SSSR count). The lowest BCUT2D eigenvalue weighted by Gasteiger charge is -2.29. The van der Waals surface area contributed by atoms with Crippen LogP contribution in [0.4, 0.5) is 0 Å². The lowest BCUT2D eigenvalue weighted by Crippen LogP contribution is -2.40. The molecule has 7 nitrogen and oxygen atoms in total. The summed E-state index contributed by atoms with van der Waals surface area (Å²) in [5, 5.41) is 2.79. The van der Waals surface area contributed by atoms with Crippen molar-refractivity contribution >= 4 is 11.8 Å². The van der Waals surface area contributed by atoms with Crippen molar-refractivity contribution in [2.45, 2.75) is 45.8 Å². The first kappa shape index (κ1) is 21.6. The van der Waals surface area contributed by atoms with Gasteiger partial charge in [-0.1, -0.05) is 24.3 Å². The van der Waals surface area contributed by atoms with Crippen molar-refractivity contribution in [1.82, 2.24) is 14.8 Å². The number of nitrogens with zero attached hydrogens (tertiary/aromatic N) is 2. The molecule has 3 heterocycles. The molecular formula is C25H27N3O4. The highest BCUT2D eigenvalue weighted by Crippen LogP contribution is 2.20. The number of hydrogen-bond donors (Lipinski definition) is 1. The number of amides is 2. The van der Waals surface area contributed by atoms with Gasteiger partial charge in [-0.15, -0.1) is 0 Å². The Bertz CT molecular complexity index is 1190. The van der Waals surface area contributed by atoms with Crippen LogP contribution in [0.1, 0.15) is 70.5 Å². The van der Waals surface area contributed by atoms with E-state index in [2.05, 4.69) is 11.4 Å². The predicted octanol–water partition coefficient (Wildman–Crippen LogP) is 3.71. The molecule has 0 fully saturated rings. The fourth-order valence-corrected chi connectivity index (χ4v) is 3.93. The summed E-state index contributed by atoms with van der Waals surface area (Å²) in [6.07, 6.45) is 5.34. The summed E-state index contributed by atoms with van der Waals surface area (Å²) in [7, 11) is 0. The minimum absolute atomic E-state index is 0.0105. The lowest BCUT2D eigenvalue weighted by atomic mass is 9.99. The zero-order valence-corrected chi connectivity index (χ0v) is 18.5. The second kappa shape index (κ2) is 8.86. The molecule has 0 saturated carbocycles. The van der Waals surface area contributed by atoms with Gasteiger partial charge in [0, 0.05) is 31.5 Å². The van der Waals surface area contributed by atoms with Gasteiger partial charge in [-0.25, -0.2) is 0 Å². The van der Waals surface area contributed by atoms with Gasteiger partial charge < -0.3 is 19.2 Å². The van der Waals surface area contributed by atoms with E-state index in [-0.39, 0.29) is 23.1 Å². The Kier molecular flexibility index (Phi) is 5.99. The van der Waals surface area contributed by atoms with E-state index in [1.807, 2.05) is 32.0 Å². The van der Waals surface area contributed by atoms with Gasteiger partial charge in [-0.05, 0) is 50.5 Å². The van der Waals surface area contributed by atoms with Crippen LogP contribution in [-0.4, -0.2) is 27.8 Å². The lowest BCUT2D eigenvalue weighted by molar-refractivity contribution is 0.0732. The summed E-state index contributed by atoms with van der Waals surface area (Å²) in [5.41, 5.74) is 1.69. The molecule has 0 radical (unpaired) electrons. The monoisotopic (exact) mass is 433 g/mol. The fourth-order valence-electron chi connectivity index (χ4n) is 3.93. The number of furan rings is 1. The van der Waals surface area contributed by atoms with Gasteiger partial charge in [-0.3, -0.25) is 14.4 Å². The standard InChI is InChI=1S/C25H27N3O4/c1-16(2)28-14-20(24(30)26-17(3)22-9-6-12-32-22)23(29)21(15-28)25(31)27-11-10-18-7-4-5-8-19(18)13-27/h4-9,12,14-17H,10-11,13H2,1-3H3,(H,26,30). The topological polar surface area (TPSA) is 84.5 Å². The third-order valence-electron chi connectivity index (χ3n) is 5.85. The molecule has 3 aromatic rings. The molecule has 0 saturated heterocycles. The Morgan fingerprint density at radius 1 is 1.00 bits per heavy atom. The Balaban J connectivity index is 1.65. The summed E-state index contributed by atoms with van der Waals surface area (Å²) in [5.74, 6) is -0.304. The average molecular weight is 434 g/mol. The Labute approximate surface area is 186 Å². The second-order valence-electron chi connectivity index (χ2n) is 8.41. The first-order valence-corrected chi connectivity index (χ1v) is 10.8. The number of carbonyl (C=O) groups is 2. The molecule has 0 aliphatic carbocycles. The van der Waals surface area contributed by atoms with Crippen LogP contribution in [0, 0.1) is 0 Å². The average Bonchev–Trinajstić information content (AvgIpc) is 3.33. The number of benzene rings is 1. The van der Waals surface area contributed by atoms with Crippen molar-refractivity contribution in [3.63, 3.8) is 0 Å². The number of pyridine rings is 1. The van der Waals surface area contributed by atoms with Gasteiger partial charge in [0.15, 0.2) is 0 Å². The summed E-state index contributed by atoms with van der Waals surface area (Å²) >= 11 is 0. The Morgan fingerprint density at radius 2 is 1.72 bits per heavy atom. The smallest absolute Gasteiger partial charge is 0.259 e. The minimum atomic E-state index is -0.560. The van der Waals surface area contributed by atoms with E-state index in [0.29, 0.717) is 18.8 Å². The molecule has 1 aromatic carbocycles. The highest BCUT2D eigenvalue weighted by Gasteiger charge is 2.27. The first-order chi connectivity index (χ1) is 15.3. The molecule has 1 aliphatic heterocycles. The number of fused-ring (bicyclic) bond motifs is 1. The van der Waals surface area contributed by atoms with Crippen molar-refractivity contribution in [2.24, 2.45) is 0 Å². The van der Waals surface area contributed by atoms with Crippen LogP contribution in [0.25, 0.3) is 0 Å². The highest BCUT2D eigenvalue weighted by atomic mass is 16.3. The van der Waals surface area contributed by atoms with Gasteiger partial charge in [-0.2, -0.15) is 0 Å². The summed E-state index contributed by atoms with van der Waals surface area (Å²) in [6, 6.07) is 11.0. The second-order valence-corrected chi connectivity index (χ2v) is 8.41. The summed E-state index contributed by atoms with van der Waals surface area (Å²) < 4.78 is 7.07. The highest BCUT2D eigenvalue weighted by molar-refractivity contribution is 5.99. The quantitative estimate of drug-likeness (QED) is 0.665. The van der Waals surface area contributed by atoms with Crippen LogP contribution in [0.15, 0.2) is 64.3 Å². The van der Waals surface area contributed by atoms with Crippen LogP contribution < -0.4 is 10.7 Å². The molecule has 166 valence electrons. The number of carbonyl (C=O) groups excluding carboxylic acids is 2. The zero-order valence-electron chi connectivity index (χ0n) is 18.5. The van der Waals surface area contributed by atoms with Gasteiger partial charge in [0.25, 0.3) is 11.8 Å². The van der Waals surface area contributed by atoms with Gasteiger partial charge in [0.1, 0.15) is 16.9 Å². The third-order valence-corrected chi connectivity index (χ3v) is 5.85. The molecule has 32 heavy (non-hydrogen) atoms. The van der Waals surface area contributed by atoms with Crippen molar-refractivity contribution in [3.8, 4) is 0 Å². The summed E-state index contributed by atoms with van der Waals surface area (Å²) in [6.45, 7) is 6.62. The van der Waals surface area contributed by atoms with E-state index >= 15 is 0 Å². The minimum Gasteiger partial charge on any atom is -0.467 e. The van der Waals surface area contributed by atoms with Crippen molar-refractivity contribution in [2.75, 3.05) is 6.54 Å². The zero-order chi connectivity index (χ0) is 22.8. The Hall–Kier alpha value is -3.61. The number of hydrogen-bond acceptors (Lipinski definition) is 4. The number of nitrogens with one attached hydrogen (secondary N) is 1. The largest absolute Gasteiger partial charge is 0.467 e. The van der Waals surface area contributed by atoms with Crippen molar-refractivity contribution < 1.29 is 14.0 Å². The van der Waals surface area contributed by atoms with Crippen molar-refractivity contribution in [1.29, 1.82) is 0 Å². The molecular weight excluding hydrogens is 406 g/mol. The molecule has 0 spiro atoms. The van der Waals surface area contributed by atoms with Gasteiger partial charge in [0.05, 0.1) is 12.3 Å². The molecule has 1 N–H and O–H groups in total. The predicted molar refractivity (Wildman–Crippen MR) is 121 cm³/mol. The van der Waals surface area contributed by atoms with Crippen LogP contribution in [0.5, 0.6) is 0 Å². The van der Waals surface area contributed by atoms with E-state index in [0.717, 1.165) is 12.0 Å². The van der Waals surface area contributed by atoms with Crippen LogP contribution in [0.2, 0.25) is 0 Å². The van der Waals surface area contributed by atoms with E-state index in [1.54, 1.807) is 34.7 Å². The molecule has 1 atom stereocenters. The maximum absolute atomic E-state index is 13.4. The van der Waals surface area contributed by atoms with Crippen LogP contribution in [0.3, 0.4) is 0 Å². The molecule has 7 heteroatoms. The van der Waals surface area contributed by atoms with Crippen molar-refractivity contribution in [3.05, 3.63) is 93.3 Å². The Morgan fingerprint density at radius 3 is 2.41 bits per heavy atom. The van der Waals surface area contributed by atoms with Crippen LogP contribution >= 0.6 is 0 Å². The molecule has 2 amide bonds. The van der Waals surface area contributed by atoms with E-state index in [1.165, 1.54) is 18.0 Å². The normalized spacial score (nSPS) is 14.2. The van der Waals surface area contributed by atoms with E-state index in [9.17, 15) is 14.4 Å². The maximum atomic E-state index is 13.4. The summed E-state index contributed by atoms with van der Waals surface area (Å²) in [4.78, 5) is 41.2. The maximum Gasteiger partial charge on any atom is 0.259 e. The molecule has 0 bridgehead atoms.